The molecule has 0 spiro atoms. The van der Waals surface area contributed by atoms with Crippen LogP contribution in [0, 0.1) is 12.7 Å². The lowest BCUT2D eigenvalue weighted by molar-refractivity contribution is 0.313. The monoisotopic (exact) mass is 337 g/mol. The number of hydrogen-bond acceptors (Lipinski definition) is 2. The van der Waals surface area contributed by atoms with Gasteiger partial charge in [-0.05, 0) is 48.4 Å². The standard InChI is InChI=1S/C16H17BrFNO/c1-12-3-2-4-15(9-12)20-8-7-19-11-13-10-14(18)5-6-16(13)17/h2-6,9-10,19H,7-8,11H2,1H3. The Morgan fingerprint density at radius 2 is 2.05 bits per heavy atom. The van der Waals surface area contributed by atoms with Crippen molar-refractivity contribution in [3.63, 3.8) is 0 Å². The van der Waals surface area contributed by atoms with Gasteiger partial charge in [0.15, 0.2) is 0 Å². The van der Waals surface area contributed by atoms with Crippen LogP contribution in [-0.4, -0.2) is 13.2 Å². The van der Waals surface area contributed by atoms with Crippen LogP contribution in [0.4, 0.5) is 4.39 Å². The quantitative estimate of drug-likeness (QED) is 0.802. The molecule has 2 nitrogen and oxygen atoms in total. The first-order valence-corrected chi connectivity index (χ1v) is 7.28. The summed E-state index contributed by atoms with van der Waals surface area (Å²) in [5, 5.41) is 3.23. The second-order valence-corrected chi connectivity index (χ2v) is 5.43. The van der Waals surface area contributed by atoms with Gasteiger partial charge in [0.2, 0.25) is 0 Å². The second kappa shape index (κ2) is 7.41. The summed E-state index contributed by atoms with van der Waals surface area (Å²) in [6.07, 6.45) is 0. The summed E-state index contributed by atoms with van der Waals surface area (Å²) in [7, 11) is 0. The molecule has 1 N–H and O–H groups in total. The van der Waals surface area contributed by atoms with Crippen LogP contribution in [0.15, 0.2) is 46.9 Å². The maximum absolute atomic E-state index is 13.1. The summed E-state index contributed by atoms with van der Waals surface area (Å²) >= 11 is 3.41. The minimum absolute atomic E-state index is 0.221. The number of rotatable bonds is 6. The number of nitrogens with one attached hydrogen (secondary N) is 1. The molecule has 0 saturated carbocycles. The third-order valence-electron chi connectivity index (χ3n) is 2.86. The molecular weight excluding hydrogens is 321 g/mol. The molecule has 4 heteroatoms. The van der Waals surface area contributed by atoms with Gasteiger partial charge < -0.3 is 10.1 Å². The van der Waals surface area contributed by atoms with E-state index in [9.17, 15) is 4.39 Å². The van der Waals surface area contributed by atoms with E-state index in [-0.39, 0.29) is 5.82 Å². The first kappa shape index (κ1) is 15.0. The molecule has 0 fully saturated rings. The van der Waals surface area contributed by atoms with E-state index >= 15 is 0 Å². The molecule has 0 aliphatic rings. The van der Waals surface area contributed by atoms with E-state index < -0.39 is 0 Å². The molecule has 0 aliphatic heterocycles. The van der Waals surface area contributed by atoms with Crippen LogP contribution in [-0.2, 0) is 6.54 Å². The summed E-state index contributed by atoms with van der Waals surface area (Å²) in [6.45, 7) is 3.93. The normalized spacial score (nSPS) is 10.6. The molecule has 0 atom stereocenters. The first-order valence-electron chi connectivity index (χ1n) is 6.49. The molecule has 0 radical (unpaired) electrons. The molecule has 2 aromatic carbocycles. The zero-order valence-electron chi connectivity index (χ0n) is 11.3. The maximum Gasteiger partial charge on any atom is 0.123 e. The lowest BCUT2D eigenvalue weighted by atomic mass is 10.2. The molecule has 20 heavy (non-hydrogen) atoms. The molecule has 0 aromatic heterocycles. The van der Waals surface area contributed by atoms with Crippen LogP contribution in [0.2, 0.25) is 0 Å². The van der Waals surface area contributed by atoms with Gasteiger partial charge in [-0.15, -0.1) is 0 Å². The van der Waals surface area contributed by atoms with Crippen molar-refractivity contribution in [1.82, 2.24) is 5.32 Å². The summed E-state index contributed by atoms with van der Waals surface area (Å²) in [5.41, 5.74) is 2.08. The molecule has 106 valence electrons. The van der Waals surface area contributed by atoms with Crippen LogP contribution in [0.1, 0.15) is 11.1 Å². The van der Waals surface area contributed by atoms with Gasteiger partial charge in [0.1, 0.15) is 18.2 Å². The third-order valence-corrected chi connectivity index (χ3v) is 3.63. The highest BCUT2D eigenvalue weighted by Crippen LogP contribution is 2.17. The summed E-state index contributed by atoms with van der Waals surface area (Å²) in [6, 6.07) is 12.6. The van der Waals surface area contributed by atoms with Gasteiger partial charge in [0.25, 0.3) is 0 Å². The number of aryl methyl sites for hydroxylation is 1. The fourth-order valence-electron chi connectivity index (χ4n) is 1.85. The van der Waals surface area contributed by atoms with E-state index in [0.717, 1.165) is 15.8 Å². The van der Waals surface area contributed by atoms with E-state index in [1.54, 1.807) is 6.07 Å². The van der Waals surface area contributed by atoms with E-state index in [1.165, 1.54) is 17.7 Å². The Morgan fingerprint density at radius 1 is 1.20 bits per heavy atom. The third kappa shape index (κ3) is 4.62. The zero-order valence-corrected chi connectivity index (χ0v) is 12.9. The Labute approximate surface area is 127 Å². The molecule has 2 aromatic rings. The van der Waals surface area contributed by atoms with Crippen LogP contribution in [0.5, 0.6) is 5.75 Å². The predicted molar refractivity (Wildman–Crippen MR) is 82.5 cm³/mol. The van der Waals surface area contributed by atoms with Gasteiger partial charge >= 0.3 is 0 Å². The van der Waals surface area contributed by atoms with Gasteiger partial charge in [-0.3, -0.25) is 0 Å². The Bertz CT molecular complexity index is 574. The lowest BCUT2D eigenvalue weighted by Gasteiger charge is -2.09. The fourth-order valence-corrected chi connectivity index (χ4v) is 2.23. The van der Waals surface area contributed by atoms with Gasteiger partial charge in [0, 0.05) is 17.6 Å². The molecule has 0 unspecified atom stereocenters. The largest absolute Gasteiger partial charge is 0.492 e. The highest BCUT2D eigenvalue weighted by atomic mass is 79.9. The highest BCUT2D eigenvalue weighted by molar-refractivity contribution is 9.10. The van der Waals surface area contributed by atoms with Crippen LogP contribution < -0.4 is 10.1 Å². The van der Waals surface area contributed by atoms with Gasteiger partial charge in [0.05, 0.1) is 0 Å². The second-order valence-electron chi connectivity index (χ2n) is 4.58. The van der Waals surface area contributed by atoms with E-state index in [0.29, 0.717) is 19.7 Å². The number of hydrogen-bond donors (Lipinski definition) is 1. The van der Waals surface area contributed by atoms with Crippen molar-refractivity contribution < 1.29 is 9.13 Å². The van der Waals surface area contributed by atoms with E-state index in [2.05, 4.69) is 21.2 Å². The molecule has 0 saturated heterocycles. The average Bonchev–Trinajstić information content (AvgIpc) is 2.42. The summed E-state index contributed by atoms with van der Waals surface area (Å²) < 4.78 is 19.6. The van der Waals surface area contributed by atoms with Crippen molar-refractivity contribution >= 4 is 15.9 Å². The Kier molecular flexibility index (Phi) is 5.56. The van der Waals surface area contributed by atoms with E-state index in [4.69, 9.17) is 4.74 Å². The Morgan fingerprint density at radius 3 is 2.85 bits per heavy atom. The van der Waals surface area contributed by atoms with Gasteiger partial charge in [-0.25, -0.2) is 4.39 Å². The first-order chi connectivity index (χ1) is 9.65. The van der Waals surface area contributed by atoms with Crippen molar-refractivity contribution in [3.8, 4) is 5.75 Å². The number of benzene rings is 2. The van der Waals surface area contributed by atoms with Crippen molar-refractivity contribution in [2.24, 2.45) is 0 Å². The minimum Gasteiger partial charge on any atom is -0.492 e. The molecule has 0 bridgehead atoms. The molecular formula is C16H17BrFNO. The fraction of sp³-hybridized carbons (Fsp3) is 0.250. The number of halogens is 2. The molecule has 0 aliphatic carbocycles. The van der Waals surface area contributed by atoms with Crippen molar-refractivity contribution in [2.45, 2.75) is 13.5 Å². The topological polar surface area (TPSA) is 21.3 Å². The smallest absolute Gasteiger partial charge is 0.123 e. The van der Waals surface area contributed by atoms with Crippen LogP contribution in [0.3, 0.4) is 0 Å². The lowest BCUT2D eigenvalue weighted by Crippen LogP contribution is -2.20. The van der Waals surface area contributed by atoms with Crippen molar-refractivity contribution in [2.75, 3.05) is 13.2 Å². The molecule has 2 rings (SSSR count). The number of ether oxygens (including phenoxy) is 1. The average molecular weight is 338 g/mol. The van der Waals surface area contributed by atoms with Crippen LogP contribution >= 0.6 is 15.9 Å². The SMILES string of the molecule is Cc1cccc(OCCNCc2cc(F)ccc2Br)c1. The van der Waals surface area contributed by atoms with Gasteiger partial charge in [-0.2, -0.15) is 0 Å². The summed E-state index contributed by atoms with van der Waals surface area (Å²) in [4.78, 5) is 0. The summed E-state index contributed by atoms with van der Waals surface area (Å²) in [5.74, 6) is 0.653. The van der Waals surface area contributed by atoms with Gasteiger partial charge in [-0.1, -0.05) is 28.1 Å². The molecule has 0 heterocycles. The van der Waals surface area contributed by atoms with Crippen molar-refractivity contribution in [1.29, 1.82) is 0 Å². The van der Waals surface area contributed by atoms with Crippen molar-refractivity contribution in [3.05, 3.63) is 63.9 Å². The Hall–Kier alpha value is -1.39. The zero-order chi connectivity index (χ0) is 14.4. The maximum atomic E-state index is 13.1. The highest BCUT2D eigenvalue weighted by Gasteiger charge is 2.01. The van der Waals surface area contributed by atoms with E-state index in [1.807, 2.05) is 31.2 Å². The minimum atomic E-state index is -0.221. The molecule has 0 amide bonds. The predicted octanol–water partition coefficient (Wildman–Crippen LogP) is 4.07. The Balaban J connectivity index is 1.73. The van der Waals surface area contributed by atoms with Crippen LogP contribution in [0.25, 0.3) is 0 Å².